The molecule has 134 valence electrons. The first kappa shape index (κ1) is 16.9. The van der Waals surface area contributed by atoms with Gasteiger partial charge in [-0.05, 0) is 50.9 Å². The summed E-state index contributed by atoms with van der Waals surface area (Å²) in [7, 11) is 0. The number of aromatic nitrogens is 2. The van der Waals surface area contributed by atoms with Gasteiger partial charge in [-0.2, -0.15) is 0 Å². The molecule has 0 atom stereocenters. The predicted octanol–water partition coefficient (Wildman–Crippen LogP) is 3.83. The Kier molecular flexibility index (Phi) is 4.81. The Morgan fingerprint density at radius 3 is 2.81 bits per heavy atom. The van der Waals surface area contributed by atoms with Crippen LogP contribution in [0.25, 0.3) is 11.5 Å². The molecule has 26 heavy (non-hydrogen) atoms. The minimum atomic E-state index is -0.316. The van der Waals surface area contributed by atoms with Gasteiger partial charge in [-0.1, -0.05) is 18.2 Å². The van der Waals surface area contributed by atoms with Gasteiger partial charge in [0, 0.05) is 16.6 Å². The van der Waals surface area contributed by atoms with Crippen LogP contribution in [-0.2, 0) is 0 Å². The molecule has 0 saturated carbocycles. The summed E-state index contributed by atoms with van der Waals surface area (Å²) in [6.45, 7) is 3.83. The van der Waals surface area contributed by atoms with Crippen molar-refractivity contribution in [3.8, 4) is 11.5 Å². The fraction of sp³-hybridized carbons (Fsp3) is 0.316. The third-order valence-electron chi connectivity index (χ3n) is 4.51. The van der Waals surface area contributed by atoms with Crippen molar-refractivity contribution >= 4 is 22.4 Å². The van der Waals surface area contributed by atoms with Gasteiger partial charge in [0.1, 0.15) is 0 Å². The minimum Gasteiger partial charge on any atom is -0.431 e. The first-order chi connectivity index (χ1) is 12.7. The monoisotopic (exact) mass is 368 g/mol. The Balaban J connectivity index is 1.48. The highest BCUT2D eigenvalue weighted by Gasteiger charge is 2.21. The molecule has 1 amide bonds. The number of anilines is 1. The number of rotatable bonds is 4. The van der Waals surface area contributed by atoms with Crippen LogP contribution >= 0.6 is 11.3 Å². The molecule has 0 bridgehead atoms. The van der Waals surface area contributed by atoms with Crippen LogP contribution in [0.2, 0.25) is 0 Å². The maximum atomic E-state index is 12.6. The number of benzene rings is 1. The van der Waals surface area contributed by atoms with Crippen molar-refractivity contribution in [3.05, 3.63) is 52.9 Å². The Bertz CT molecular complexity index is 897. The number of carbonyl (C=O) groups is 1. The molecule has 0 unspecified atom stereocenters. The highest BCUT2D eigenvalue weighted by molar-refractivity contribution is 7.15. The minimum absolute atomic E-state index is 0.225. The zero-order valence-electron chi connectivity index (χ0n) is 14.5. The molecule has 1 aliphatic rings. The standard InChI is InChI=1S/C19H20N4O2S/c1-12-16(25-18(22-12)14-5-3-2-4-6-14)17(24)23-19-21-11-15(26-19)13-7-9-20-10-8-13/h2-6,11,13,20H,7-10H2,1H3,(H,21,23,24). The van der Waals surface area contributed by atoms with E-state index in [0.29, 0.717) is 22.6 Å². The van der Waals surface area contributed by atoms with Crippen molar-refractivity contribution in [2.75, 3.05) is 18.4 Å². The molecule has 6 nitrogen and oxygen atoms in total. The van der Waals surface area contributed by atoms with E-state index in [1.165, 1.54) is 16.2 Å². The second kappa shape index (κ2) is 7.39. The molecule has 1 saturated heterocycles. The molecule has 1 fully saturated rings. The van der Waals surface area contributed by atoms with Crippen LogP contribution in [0.4, 0.5) is 5.13 Å². The number of hydrogen-bond donors (Lipinski definition) is 2. The van der Waals surface area contributed by atoms with Crippen molar-refractivity contribution < 1.29 is 9.21 Å². The molecule has 2 aromatic heterocycles. The van der Waals surface area contributed by atoms with Gasteiger partial charge in [0.05, 0.1) is 5.69 Å². The first-order valence-electron chi connectivity index (χ1n) is 8.71. The third-order valence-corrected chi connectivity index (χ3v) is 5.58. The van der Waals surface area contributed by atoms with Crippen LogP contribution in [0.3, 0.4) is 0 Å². The molecule has 0 aliphatic carbocycles. The van der Waals surface area contributed by atoms with E-state index in [1.54, 1.807) is 6.92 Å². The summed E-state index contributed by atoms with van der Waals surface area (Å²) >= 11 is 1.54. The number of amides is 1. The number of thiazole rings is 1. The van der Waals surface area contributed by atoms with E-state index in [-0.39, 0.29) is 11.7 Å². The summed E-state index contributed by atoms with van der Waals surface area (Å²) in [5.41, 5.74) is 1.41. The van der Waals surface area contributed by atoms with Crippen molar-refractivity contribution in [1.82, 2.24) is 15.3 Å². The largest absolute Gasteiger partial charge is 0.431 e. The third kappa shape index (κ3) is 3.54. The zero-order valence-corrected chi connectivity index (χ0v) is 15.3. The summed E-state index contributed by atoms with van der Waals surface area (Å²) in [5.74, 6) is 0.879. The number of hydrogen-bond acceptors (Lipinski definition) is 6. The number of piperidine rings is 1. The second-order valence-corrected chi connectivity index (χ2v) is 7.41. The van der Waals surface area contributed by atoms with E-state index in [1.807, 2.05) is 36.5 Å². The van der Waals surface area contributed by atoms with Gasteiger partial charge in [0.15, 0.2) is 5.13 Å². The molecule has 2 N–H and O–H groups in total. The quantitative estimate of drug-likeness (QED) is 0.732. The molecule has 1 aromatic carbocycles. The van der Waals surface area contributed by atoms with Crippen molar-refractivity contribution in [1.29, 1.82) is 0 Å². The van der Waals surface area contributed by atoms with Gasteiger partial charge < -0.3 is 9.73 Å². The molecule has 7 heteroatoms. The second-order valence-electron chi connectivity index (χ2n) is 6.35. The topological polar surface area (TPSA) is 80.1 Å². The zero-order chi connectivity index (χ0) is 17.9. The number of nitrogens with zero attached hydrogens (tertiary/aromatic N) is 2. The van der Waals surface area contributed by atoms with Crippen LogP contribution in [0.15, 0.2) is 40.9 Å². The van der Waals surface area contributed by atoms with Gasteiger partial charge in [0.25, 0.3) is 5.91 Å². The first-order valence-corrected chi connectivity index (χ1v) is 9.53. The normalized spacial score (nSPS) is 15.1. The van der Waals surface area contributed by atoms with Crippen LogP contribution < -0.4 is 10.6 Å². The summed E-state index contributed by atoms with van der Waals surface area (Å²) < 4.78 is 5.70. The lowest BCUT2D eigenvalue weighted by atomic mass is 9.97. The van der Waals surface area contributed by atoms with Gasteiger partial charge >= 0.3 is 0 Å². The number of carbonyl (C=O) groups excluding carboxylic acids is 1. The average molecular weight is 368 g/mol. The molecule has 1 aliphatic heterocycles. The fourth-order valence-corrected chi connectivity index (χ4v) is 4.08. The van der Waals surface area contributed by atoms with Crippen molar-refractivity contribution in [2.24, 2.45) is 0 Å². The molecule has 3 aromatic rings. The summed E-state index contributed by atoms with van der Waals surface area (Å²) in [6, 6.07) is 9.55. The smallest absolute Gasteiger partial charge is 0.295 e. The van der Waals surface area contributed by atoms with E-state index in [2.05, 4.69) is 20.6 Å². The highest BCUT2D eigenvalue weighted by Crippen LogP contribution is 2.32. The SMILES string of the molecule is Cc1nc(-c2ccccc2)oc1C(=O)Nc1ncc(C2CCNCC2)s1. The van der Waals surface area contributed by atoms with Crippen LogP contribution in [-0.4, -0.2) is 29.0 Å². The van der Waals surface area contributed by atoms with Gasteiger partial charge in [-0.3, -0.25) is 10.1 Å². The lowest BCUT2D eigenvalue weighted by Crippen LogP contribution is -2.26. The summed E-state index contributed by atoms with van der Waals surface area (Å²) in [5, 5.41) is 6.80. The average Bonchev–Trinajstić information content (AvgIpc) is 3.30. The van der Waals surface area contributed by atoms with Crippen LogP contribution in [0, 0.1) is 6.92 Å². The van der Waals surface area contributed by atoms with E-state index in [0.717, 1.165) is 31.5 Å². The molecular formula is C19H20N4O2S. The lowest BCUT2D eigenvalue weighted by Gasteiger charge is -2.20. The molecular weight excluding hydrogens is 348 g/mol. The number of aryl methyl sites for hydroxylation is 1. The number of oxazole rings is 1. The molecule has 3 heterocycles. The van der Waals surface area contributed by atoms with Crippen molar-refractivity contribution in [2.45, 2.75) is 25.7 Å². The molecule has 4 rings (SSSR count). The Morgan fingerprint density at radius 2 is 2.04 bits per heavy atom. The van der Waals surface area contributed by atoms with Gasteiger partial charge in [0.2, 0.25) is 11.7 Å². The van der Waals surface area contributed by atoms with Crippen LogP contribution in [0.1, 0.15) is 39.9 Å². The maximum absolute atomic E-state index is 12.6. The summed E-state index contributed by atoms with van der Waals surface area (Å²) in [4.78, 5) is 22.5. The number of nitrogens with one attached hydrogen (secondary N) is 2. The predicted molar refractivity (Wildman–Crippen MR) is 102 cm³/mol. The fourth-order valence-electron chi connectivity index (χ4n) is 3.10. The van der Waals surface area contributed by atoms with Crippen molar-refractivity contribution in [3.63, 3.8) is 0 Å². The molecule has 0 radical (unpaired) electrons. The Morgan fingerprint density at radius 1 is 1.27 bits per heavy atom. The van der Waals surface area contributed by atoms with E-state index >= 15 is 0 Å². The van der Waals surface area contributed by atoms with E-state index < -0.39 is 0 Å². The molecule has 0 spiro atoms. The summed E-state index contributed by atoms with van der Waals surface area (Å²) in [6.07, 6.45) is 4.09. The van der Waals surface area contributed by atoms with E-state index in [4.69, 9.17) is 4.42 Å². The van der Waals surface area contributed by atoms with Crippen LogP contribution in [0.5, 0.6) is 0 Å². The van der Waals surface area contributed by atoms with Gasteiger partial charge in [-0.25, -0.2) is 9.97 Å². The Labute approximate surface area is 155 Å². The lowest BCUT2D eigenvalue weighted by molar-refractivity contribution is 0.0996. The van der Waals surface area contributed by atoms with E-state index in [9.17, 15) is 4.79 Å². The maximum Gasteiger partial charge on any atom is 0.295 e. The highest BCUT2D eigenvalue weighted by atomic mass is 32.1. The van der Waals surface area contributed by atoms with Gasteiger partial charge in [-0.15, -0.1) is 11.3 Å². The Hall–Kier alpha value is -2.51.